The predicted octanol–water partition coefficient (Wildman–Crippen LogP) is 2.56. The van der Waals surface area contributed by atoms with Gasteiger partial charge in [-0.25, -0.2) is 8.42 Å². The number of methoxy groups -OCH3 is 1. The third-order valence-electron chi connectivity index (χ3n) is 3.46. The average Bonchev–Trinajstić information content (AvgIpc) is 2.49. The van der Waals surface area contributed by atoms with E-state index in [2.05, 4.69) is 22.9 Å². The number of ether oxygens (including phenoxy) is 1. The number of nitrogens with two attached hydrogens (primary N) is 1. The molecule has 8 heteroatoms. The Morgan fingerprint density at radius 2 is 2.24 bits per heavy atom. The first-order valence-electron chi connectivity index (χ1n) is 6.65. The van der Waals surface area contributed by atoms with Crippen molar-refractivity contribution in [3.8, 4) is 5.75 Å². The van der Waals surface area contributed by atoms with Gasteiger partial charge in [0, 0.05) is 34.3 Å². The molecule has 0 radical (unpaired) electrons. The van der Waals surface area contributed by atoms with Crippen molar-refractivity contribution in [1.82, 2.24) is 4.31 Å². The molecule has 0 bridgehead atoms. The molecule has 118 valence electrons. The molecule has 0 amide bonds. The van der Waals surface area contributed by atoms with E-state index in [1.165, 1.54) is 17.5 Å². The molecule has 0 aromatic heterocycles. The normalized spacial score (nSPS) is 20.4. The van der Waals surface area contributed by atoms with Gasteiger partial charge in [-0.05, 0) is 34.5 Å². The molecule has 1 heterocycles. The molecule has 1 aromatic rings. The Kier molecular flexibility index (Phi) is 5.45. The third kappa shape index (κ3) is 3.49. The maximum atomic E-state index is 12.9. The van der Waals surface area contributed by atoms with E-state index in [1.54, 1.807) is 6.07 Å². The summed E-state index contributed by atoms with van der Waals surface area (Å²) in [6, 6.07) is 3.05. The van der Waals surface area contributed by atoms with Crippen LogP contribution in [0.2, 0.25) is 0 Å². The number of nitrogens with zero attached hydrogens (tertiary/aromatic N) is 1. The highest BCUT2D eigenvalue weighted by molar-refractivity contribution is 9.10. The van der Waals surface area contributed by atoms with Crippen LogP contribution >= 0.6 is 27.7 Å². The minimum Gasteiger partial charge on any atom is -0.495 e. The Bertz CT molecular complexity index is 622. The fourth-order valence-electron chi connectivity index (χ4n) is 2.21. The first-order valence-corrected chi connectivity index (χ1v) is 9.93. The molecule has 2 rings (SSSR count). The van der Waals surface area contributed by atoms with Crippen LogP contribution in [-0.4, -0.2) is 43.9 Å². The minimum absolute atomic E-state index is 0.132. The molecule has 21 heavy (non-hydrogen) atoms. The number of rotatable bonds is 4. The lowest BCUT2D eigenvalue weighted by molar-refractivity contribution is 0.389. The lowest BCUT2D eigenvalue weighted by Gasteiger charge is -2.31. The summed E-state index contributed by atoms with van der Waals surface area (Å²) in [7, 11) is -2.14. The molecule has 1 aliphatic heterocycles. The molecule has 1 aliphatic rings. The summed E-state index contributed by atoms with van der Waals surface area (Å²) in [5.41, 5.74) is 6.22. The van der Waals surface area contributed by atoms with Crippen LogP contribution in [0.1, 0.15) is 13.3 Å². The first-order chi connectivity index (χ1) is 9.90. The van der Waals surface area contributed by atoms with Gasteiger partial charge in [-0.1, -0.05) is 6.92 Å². The number of sulfonamides is 1. The van der Waals surface area contributed by atoms with Crippen molar-refractivity contribution in [1.29, 1.82) is 0 Å². The SMILES string of the molecule is CCC1CN(S(=O)(=O)c2cc(N)c(Br)cc2OC)CCS1. The molecule has 1 saturated heterocycles. The number of halogens is 1. The molecule has 0 saturated carbocycles. The second kappa shape index (κ2) is 6.76. The van der Waals surface area contributed by atoms with Crippen molar-refractivity contribution in [3.63, 3.8) is 0 Å². The predicted molar refractivity (Wildman–Crippen MR) is 90.4 cm³/mol. The van der Waals surface area contributed by atoms with Crippen molar-refractivity contribution in [2.75, 3.05) is 31.7 Å². The Hall–Kier alpha value is -0.440. The number of thioether (sulfide) groups is 1. The Morgan fingerprint density at radius 1 is 1.52 bits per heavy atom. The molecule has 1 unspecified atom stereocenters. The molecule has 1 atom stereocenters. The molecular weight excluding hydrogens is 376 g/mol. The van der Waals surface area contributed by atoms with Gasteiger partial charge in [0.2, 0.25) is 10.0 Å². The summed E-state index contributed by atoms with van der Waals surface area (Å²) in [5.74, 6) is 1.12. The van der Waals surface area contributed by atoms with Gasteiger partial charge in [0.15, 0.2) is 0 Å². The van der Waals surface area contributed by atoms with E-state index in [9.17, 15) is 8.42 Å². The van der Waals surface area contributed by atoms with E-state index < -0.39 is 10.0 Å². The zero-order chi connectivity index (χ0) is 15.6. The molecule has 0 aliphatic carbocycles. The van der Waals surface area contributed by atoms with Gasteiger partial charge in [0.1, 0.15) is 10.6 Å². The van der Waals surface area contributed by atoms with Crippen molar-refractivity contribution in [3.05, 3.63) is 16.6 Å². The van der Waals surface area contributed by atoms with E-state index in [0.29, 0.717) is 34.2 Å². The lowest BCUT2D eigenvalue weighted by Crippen LogP contribution is -2.41. The second-order valence-electron chi connectivity index (χ2n) is 4.79. The van der Waals surface area contributed by atoms with Crippen LogP contribution in [0.3, 0.4) is 0 Å². The zero-order valence-electron chi connectivity index (χ0n) is 12.0. The Morgan fingerprint density at radius 3 is 2.86 bits per heavy atom. The second-order valence-corrected chi connectivity index (χ2v) is 8.96. The van der Waals surface area contributed by atoms with Crippen molar-refractivity contribution < 1.29 is 13.2 Å². The molecule has 2 N–H and O–H groups in total. The lowest BCUT2D eigenvalue weighted by atomic mass is 10.3. The van der Waals surface area contributed by atoms with Crippen LogP contribution in [-0.2, 0) is 10.0 Å². The molecule has 0 spiro atoms. The monoisotopic (exact) mass is 394 g/mol. The van der Waals surface area contributed by atoms with Crippen molar-refractivity contribution in [2.45, 2.75) is 23.5 Å². The van der Waals surface area contributed by atoms with Gasteiger partial charge in [-0.15, -0.1) is 0 Å². The highest BCUT2D eigenvalue weighted by atomic mass is 79.9. The number of hydrogen-bond acceptors (Lipinski definition) is 5. The Balaban J connectivity index is 2.41. The topological polar surface area (TPSA) is 72.6 Å². The van der Waals surface area contributed by atoms with E-state index >= 15 is 0 Å². The van der Waals surface area contributed by atoms with Crippen LogP contribution < -0.4 is 10.5 Å². The molecule has 1 fully saturated rings. The van der Waals surface area contributed by atoms with Crippen LogP contribution in [0.15, 0.2) is 21.5 Å². The molecule has 1 aromatic carbocycles. The average molecular weight is 395 g/mol. The fourth-order valence-corrected chi connectivity index (χ4v) is 5.58. The summed E-state index contributed by atoms with van der Waals surface area (Å²) in [6.07, 6.45) is 0.955. The number of anilines is 1. The zero-order valence-corrected chi connectivity index (χ0v) is 15.2. The quantitative estimate of drug-likeness (QED) is 0.794. The standard InChI is InChI=1S/C13H19BrN2O3S2/c1-3-9-8-16(4-5-20-9)21(17,18)13-7-11(15)10(14)6-12(13)19-2/h6-7,9H,3-5,8,15H2,1-2H3. The maximum absolute atomic E-state index is 12.9. The summed E-state index contributed by atoms with van der Waals surface area (Å²) in [5, 5.41) is 0.340. The summed E-state index contributed by atoms with van der Waals surface area (Å²) < 4.78 is 33.1. The highest BCUT2D eigenvalue weighted by Gasteiger charge is 2.32. The van der Waals surface area contributed by atoms with E-state index in [4.69, 9.17) is 10.5 Å². The highest BCUT2D eigenvalue weighted by Crippen LogP contribution is 2.35. The largest absolute Gasteiger partial charge is 0.495 e. The van der Waals surface area contributed by atoms with Crippen LogP contribution in [0.5, 0.6) is 5.75 Å². The molecule has 5 nitrogen and oxygen atoms in total. The van der Waals surface area contributed by atoms with E-state index in [-0.39, 0.29) is 4.90 Å². The fraction of sp³-hybridized carbons (Fsp3) is 0.538. The van der Waals surface area contributed by atoms with E-state index in [1.807, 2.05) is 11.8 Å². The van der Waals surface area contributed by atoms with Crippen LogP contribution in [0, 0.1) is 0 Å². The third-order valence-corrected chi connectivity index (χ3v) is 7.40. The van der Waals surface area contributed by atoms with Gasteiger partial charge >= 0.3 is 0 Å². The van der Waals surface area contributed by atoms with Gasteiger partial charge < -0.3 is 10.5 Å². The van der Waals surface area contributed by atoms with Gasteiger partial charge in [-0.3, -0.25) is 0 Å². The summed E-state index contributed by atoms with van der Waals surface area (Å²) in [6.45, 7) is 3.12. The van der Waals surface area contributed by atoms with E-state index in [0.717, 1.165) is 12.2 Å². The smallest absolute Gasteiger partial charge is 0.246 e. The number of benzene rings is 1. The minimum atomic E-state index is -3.59. The van der Waals surface area contributed by atoms with Gasteiger partial charge in [-0.2, -0.15) is 16.1 Å². The number of hydrogen-bond donors (Lipinski definition) is 1. The molecular formula is C13H19BrN2O3S2. The van der Waals surface area contributed by atoms with Crippen LogP contribution in [0.25, 0.3) is 0 Å². The Labute approximate surface area is 138 Å². The number of nitrogen functional groups attached to an aromatic ring is 1. The first kappa shape index (κ1) is 16.9. The summed E-state index contributed by atoms with van der Waals surface area (Å²) >= 11 is 5.11. The van der Waals surface area contributed by atoms with Crippen LogP contribution in [0.4, 0.5) is 5.69 Å². The maximum Gasteiger partial charge on any atom is 0.246 e. The summed E-state index contributed by atoms with van der Waals surface area (Å²) in [4.78, 5) is 0.132. The van der Waals surface area contributed by atoms with Gasteiger partial charge in [0.05, 0.1) is 7.11 Å². The van der Waals surface area contributed by atoms with Gasteiger partial charge in [0.25, 0.3) is 0 Å². The van der Waals surface area contributed by atoms with Crippen molar-refractivity contribution in [2.24, 2.45) is 0 Å². The van der Waals surface area contributed by atoms with Crippen molar-refractivity contribution >= 4 is 43.4 Å².